The molecule has 4 fully saturated rings. The summed E-state index contributed by atoms with van der Waals surface area (Å²) in [4.78, 5) is 32.0. The molecule has 1 spiro atoms. The smallest absolute Gasteiger partial charge is 0.248 e. The molecule has 1 aliphatic carbocycles. The summed E-state index contributed by atoms with van der Waals surface area (Å²) in [5, 5.41) is 22.6. The second-order valence-electron chi connectivity index (χ2n) is 13.7. The van der Waals surface area contributed by atoms with Crippen molar-refractivity contribution in [3.05, 3.63) is 47.8 Å². The van der Waals surface area contributed by atoms with Crippen molar-refractivity contribution in [2.45, 2.75) is 102 Å². The molecule has 2 amide bonds. The highest BCUT2D eigenvalue weighted by atomic mass is 16.5. The first-order chi connectivity index (χ1) is 19.6. The Kier molecular flexibility index (Phi) is 7.67. The maximum Gasteiger partial charge on any atom is 0.248 e. The maximum atomic E-state index is 14.1. The van der Waals surface area contributed by atoms with Gasteiger partial charge in [-0.15, -0.1) is 5.10 Å². The van der Waals surface area contributed by atoms with Crippen LogP contribution in [0.15, 0.2) is 36.5 Å². The number of aliphatic hydroxyl groups is 1. The van der Waals surface area contributed by atoms with Crippen molar-refractivity contribution in [2.75, 3.05) is 26.3 Å². The molecular weight excluding hydrogens is 520 g/mol. The van der Waals surface area contributed by atoms with Gasteiger partial charge in [-0.1, -0.05) is 56.3 Å². The molecule has 2 N–H and O–H groups in total. The third-order valence-corrected chi connectivity index (χ3v) is 9.43. The number of hydrogen-bond acceptors (Lipinski definition) is 7. The molecular formula is C31H44N6O4. The van der Waals surface area contributed by atoms with Crippen LogP contribution in [0.25, 0.3) is 0 Å². The number of nitrogens with zero attached hydrogens (tertiary/aromatic N) is 5. The van der Waals surface area contributed by atoms with E-state index in [0.29, 0.717) is 5.92 Å². The summed E-state index contributed by atoms with van der Waals surface area (Å²) in [5.74, 6) is 0.0477. The Morgan fingerprint density at radius 2 is 1.88 bits per heavy atom. The Morgan fingerprint density at radius 1 is 1.15 bits per heavy atom. The predicted octanol–water partition coefficient (Wildman–Crippen LogP) is 2.64. The number of aromatic nitrogens is 3. The Balaban J connectivity index is 1.18. The molecule has 222 valence electrons. The van der Waals surface area contributed by atoms with Crippen LogP contribution in [0.2, 0.25) is 0 Å². The van der Waals surface area contributed by atoms with Gasteiger partial charge in [0.1, 0.15) is 12.1 Å². The molecule has 3 aliphatic heterocycles. The largest absolute Gasteiger partial charge is 0.391 e. The van der Waals surface area contributed by atoms with E-state index >= 15 is 0 Å². The van der Waals surface area contributed by atoms with Crippen LogP contribution >= 0.6 is 0 Å². The number of amides is 2. The minimum absolute atomic E-state index is 0.0135. The van der Waals surface area contributed by atoms with Crippen molar-refractivity contribution in [3.8, 4) is 0 Å². The molecule has 4 heterocycles. The monoisotopic (exact) mass is 564 g/mol. The number of benzene rings is 1. The van der Waals surface area contributed by atoms with Crippen LogP contribution in [0.5, 0.6) is 0 Å². The second kappa shape index (κ2) is 11.1. The number of nitrogens with one attached hydrogen (secondary N) is 1. The number of likely N-dealkylation sites (tertiary alicyclic amines) is 2. The van der Waals surface area contributed by atoms with Crippen LogP contribution in [0.4, 0.5) is 0 Å². The SMILES string of the molecule is CC(C)(C)[C@@H](C(=O)N1CC(O)CC1C(=O)NC1CN(Cc2ccccc2)C2(CCOCC2)C1)n1cc(C2CC2)nn1. The lowest BCUT2D eigenvalue weighted by Gasteiger charge is -2.41. The lowest BCUT2D eigenvalue weighted by molar-refractivity contribution is -0.144. The highest BCUT2D eigenvalue weighted by Crippen LogP contribution is 2.41. The minimum atomic E-state index is -0.743. The molecule has 4 atom stereocenters. The van der Waals surface area contributed by atoms with Crippen LogP contribution in [-0.2, 0) is 20.9 Å². The molecule has 3 unspecified atom stereocenters. The van der Waals surface area contributed by atoms with E-state index in [4.69, 9.17) is 4.74 Å². The van der Waals surface area contributed by atoms with E-state index in [1.165, 1.54) is 5.56 Å². The van der Waals surface area contributed by atoms with Gasteiger partial charge in [-0.3, -0.25) is 14.5 Å². The lowest BCUT2D eigenvalue weighted by atomic mass is 9.85. The Labute approximate surface area is 242 Å². The van der Waals surface area contributed by atoms with Crippen LogP contribution in [-0.4, -0.2) is 91.7 Å². The van der Waals surface area contributed by atoms with Crippen molar-refractivity contribution in [3.63, 3.8) is 0 Å². The quantitative estimate of drug-likeness (QED) is 0.532. The van der Waals surface area contributed by atoms with Crippen LogP contribution in [0.3, 0.4) is 0 Å². The molecule has 3 saturated heterocycles. The first-order valence-corrected chi connectivity index (χ1v) is 15.2. The Hall–Kier alpha value is -2.82. The number of carbonyl (C=O) groups is 2. The molecule has 10 nitrogen and oxygen atoms in total. The zero-order valence-corrected chi connectivity index (χ0v) is 24.5. The number of aliphatic hydroxyl groups excluding tert-OH is 1. The standard InChI is InChI=1S/C31H44N6O4/c1-30(2,3)27(37-20-25(33-34-37)22-9-10-22)29(40)36-19-24(38)15-26(36)28(39)32-23-16-31(11-13-41-14-12-31)35(18-23)17-21-7-5-4-6-8-21/h4-8,20,22-24,26-27,38H,9-19H2,1-3H3,(H,32,39)/t23?,24?,26?,27-/m1/s1. The second-order valence-corrected chi connectivity index (χ2v) is 13.7. The van der Waals surface area contributed by atoms with Gasteiger partial charge in [0.2, 0.25) is 11.8 Å². The summed E-state index contributed by atoms with van der Waals surface area (Å²) in [5.41, 5.74) is 1.71. The molecule has 4 aliphatic rings. The van der Waals surface area contributed by atoms with E-state index in [1.807, 2.05) is 33.0 Å². The fourth-order valence-corrected chi connectivity index (χ4v) is 7.14. The minimum Gasteiger partial charge on any atom is -0.391 e. The van der Waals surface area contributed by atoms with Crippen LogP contribution in [0.1, 0.15) is 82.5 Å². The number of carbonyl (C=O) groups excluding carboxylic acids is 2. The normalized spacial score (nSPS) is 27.3. The van der Waals surface area contributed by atoms with Gasteiger partial charge in [0, 0.05) is 63.0 Å². The number of ether oxygens (including phenoxy) is 1. The Morgan fingerprint density at radius 3 is 2.56 bits per heavy atom. The predicted molar refractivity (Wildman–Crippen MR) is 153 cm³/mol. The van der Waals surface area contributed by atoms with E-state index in [9.17, 15) is 14.7 Å². The fraction of sp³-hybridized carbons (Fsp3) is 0.677. The van der Waals surface area contributed by atoms with E-state index < -0.39 is 23.6 Å². The zero-order chi connectivity index (χ0) is 28.8. The third kappa shape index (κ3) is 5.92. The topological polar surface area (TPSA) is 113 Å². The molecule has 10 heteroatoms. The van der Waals surface area contributed by atoms with Gasteiger partial charge in [0.25, 0.3) is 0 Å². The van der Waals surface area contributed by atoms with Crippen molar-refractivity contribution < 1.29 is 19.4 Å². The van der Waals surface area contributed by atoms with Gasteiger partial charge in [0.15, 0.2) is 0 Å². The summed E-state index contributed by atoms with van der Waals surface area (Å²) in [6.45, 7) is 9.17. The highest BCUT2D eigenvalue weighted by molar-refractivity contribution is 5.90. The lowest BCUT2D eigenvalue weighted by Crippen LogP contribution is -2.52. The molecule has 0 radical (unpaired) electrons. The molecule has 1 saturated carbocycles. The van der Waals surface area contributed by atoms with Gasteiger partial charge in [-0.2, -0.15) is 0 Å². The summed E-state index contributed by atoms with van der Waals surface area (Å²) in [6, 6.07) is 9.08. The summed E-state index contributed by atoms with van der Waals surface area (Å²) >= 11 is 0. The van der Waals surface area contributed by atoms with Gasteiger partial charge in [-0.05, 0) is 43.1 Å². The molecule has 2 aromatic rings. The number of rotatable bonds is 7. The first kappa shape index (κ1) is 28.3. The van der Waals surface area contributed by atoms with Gasteiger partial charge >= 0.3 is 0 Å². The Bertz CT molecular complexity index is 1230. The highest BCUT2D eigenvalue weighted by Gasteiger charge is 2.49. The van der Waals surface area contributed by atoms with Crippen molar-refractivity contribution in [1.82, 2.24) is 30.1 Å². The van der Waals surface area contributed by atoms with Crippen LogP contribution < -0.4 is 5.32 Å². The average Bonchev–Trinajstić information content (AvgIpc) is 3.41. The van der Waals surface area contributed by atoms with Gasteiger partial charge < -0.3 is 20.1 Å². The molecule has 0 bridgehead atoms. The molecule has 41 heavy (non-hydrogen) atoms. The van der Waals surface area contributed by atoms with Crippen molar-refractivity contribution in [2.24, 2.45) is 5.41 Å². The van der Waals surface area contributed by atoms with E-state index in [1.54, 1.807) is 9.58 Å². The van der Waals surface area contributed by atoms with Gasteiger partial charge in [0.05, 0.1) is 11.8 Å². The fourth-order valence-electron chi connectivity index (χ4n) is 7.14. The summed E-state index contributed by atoms with van der Waals surface area (Å²) < 4.78 is 7.38. The van der Waals surface area contributed by atoms with Crippen LogP contribution in [0, 0.1) is 5.41 Å². The van der Waals surface area contributed by atoms with Crippen molar-refractivity contribution in [1.29, 1.82) is 0 Å². The van der Waals surface area contributed by atoms with Gasteiger partial charge in [-0.25, -0.2) is 4.68 Å². The zero-order valence-electron chi connectivity index (χ0n) is 24.5. The first-order valence-electron chi connectivity index (χ1n) is 15.2. The van der Waals surface area contributed by atoms with E-state index in [0.717, 1.165) is 64.1 Å². The summed E-state index contributed by atoms with van der Waals surface area (Å²) in [7, 11) is 0. The third-order valence-electron chi connectivity index (χ3n) is 9.43. The molecule has 6 rings (SSSR count). The number of hydrogen-bond donors (Lipinski definition) is 2. The maximum absolute atomic E-state index is 14.1. The van der Waals surface area contributed by atoms with Crippen molar-refractivity contribution >= 4 is 11.8 Å². The van der Waals surface area contributed by atoms with E-state index in [-0.39, 0.29) is 36.4 Å². The average molecular weight is 565 g/mol. The molecule has 1 aromatic heterocycles. The van der Waals surface area contributed by atoms with E-state index in [2.05, 4.69) is 44.8 Å². The number of β-amino-alcohol motifs (C(OH)–C–C–N with tert-alkyl or cyclic N) is 1. The summed E-state index contributed by atoms with van der Waals surface area (Å²) in [6.07, 6.45) is 6.31. The molecule has 1 aromatic carbocycles.